The molecule has 2 aliphatic heterocycles. The van der Waals surface area contributed by atoms with E-state index < -0.39 is 15.7 Å². The monoisotopic (exact) mass is 368 g/mol. The van der Waals surface area contributed by atoms with Crippen molar-refractivity contribution in [3.05, 3.63) is 64.6 Å². The number of carbonyl (C=O) groups excluding carboxylic acids is 1. The number of hydrogen-bond donors (Lipinski definition) is 1. The number of benzene rings is 2. The molecule has 0 atom stereocenters. The molecule has 0 unspecified atom stereocenters. The lowest BCUT2D eigenvalue weighted by Crippen LogP contribution is -2.24. The maximum Gasteiger partial charge on any atom is 0.269 e. The minimum absolute atomic E-state index is 0.138. The van der Waals surface area contributed by atoms with Gasteiger partial charge in [0.2, 0.25) is 9.84 Å². The lowest BCUT2D eigenvalue weighted by atomic mass is 10.1. The van der Waals surface area contributed by atoms with Gasteiger partial charge in [-0.05, 0) is 38.0 Å². The van der Waals surface area contributed by atoms with Crippen molar-refractivity contribution in [2.45, 2.75) is 24.7 Å². The van der Waals surface area contributed by atoms with Crippen molar-refractivity contribution in [3.63, 3.8) is 0 Å². The highest BCUT2D eigenvalue weighted by Gasteiger charge is 2.42. The topological polar surface area (TPSA) is 66.5 Å². The number of aryl methyl sites for hydroxylation is 1. The van der Waals surface area contributed by atoms with E-state index in [4.69, 9.17) is 0 Å². The molecule has 0 bridgehead atoms. The summed E-state index contributed by atoms with van der Waals surface area (Å²) in [4.78, 5) is 15.1. The maximum absolute atomic E-state index is 13.1. The van der Waals surface area contributed by atoms with Gasteiger partial charge in [-0.2, -0.15) is 0 Å². The van der Waals surface area contributed by atoms with E-state index >= 15 is 0 Å². The summed E-state index contributed by atoms with van der Waals surface area (Å²) in [6.45, 7) is 3.48. The minimum Gasteiger partial charge on any atom is -0.370 e. The molecule has 0 aliphatic carbocycles. The Morgan fingerprint density at radius 3 is 2.35 bits per heavy atom. The molecule has 2 aliphatic rings. The summed E-state index contributed by atoms with van der Waals surface area (Å²) in [5.41, 5.74) is 2.83. The highest BCUT2D eigenvalue weighted by molar-refractivity contribution is 7.97. The molecule has 1 N–H and O–H groups in total. The van der Waals surface area contributed by atoms with Gasteiger partial charge in [-0.1, -0.05) is 35.9 Å². The molecular weight excluding hydrogens is 348 g/mol. The standard InChI is InChI=1S/C20H20N2O3S/c1-14-8-10-15(11-9-14)21-20(23)19-18(22-12-4-5-13-22)16-6-2-3-7-17(16)26(19,24)25/h2-3,6-11H,4-5,12-13H2,1H3,(H,21,23). The van der Waals surface area contributed by atoms with Crippen molar-refractivity contribution in [3.8, 4) is 0 Å². The van der Waals surface area contributed by atoms with Crippen LogP contribution in [-0.4, -0.2) is 32.3 Å². The highest BCUT2D eigenvalue weighted by Crippen LogP contribution is 2.42. The molecule has 1 fully saturated rings. The van der Waals surface area contributed by atoms with Gasteiger partial charge in [0, 0.05) is 24.3 Å². The first-order valence-corrected chi connectivity index (χ1v) is 10.2. The fraction of sp³-hybridized carbons (Fsp3) is 0.250. The number of nitrogens with zero attached hydrogens (tertiary/aromatic N) is 1. The van der Waals surface area contributed by atoms with Gasteiger partial charge in [-0.3, -0.25) is 4.79 Å². The van der Waals surface area contributed by atoms with Crippen molar-refractivity contribution < 1.29 is 13.2 Å². The first kappa shape index (κ1) is 16.8. The number of nitrogens with one attached hydrogen (secondary N) is 1. The SMILES string of the molecule is Cc1ccc(NC(=O)C2=C(N3CCCC3)c3ccccc3S2(=O)=O)cc1. The van der Waals surface area contributed by atoms with Crippen LogP contribution in [0.4, 0.5) is 5.69 Å². The number of fused-ring (bicyclic) bond motifs is 1. The minimum atomic E-state index is -3.83. The van der Waals surface area contributed by atoms with E-state index in [9.17, 15) is 13.2 Å². The van der Waals surface area contributed by atoms with Crippen LogP contribution >= 0.6 is 0 Å². The summed E-state index contributed by atoms with van der Waals surface area (Å²) in [6.07, 6.45) is 2.00. The fourth-order valence-electron chi connectivity index (χ4n) is 3.57. The summed E-state index contributed by atoms with van der Waals surface area (Å²) >= 11 is 0. The van der Waals surface area contributed by atoms with Crippen LogP contribution in [0.25, 0.3) is 5.70 Å². The molecule has 26 heavy (non-hydrogen) atoms. The molecule has 1 saturated heterocycles. The lowest BCUT2D eigenvalue weighted by molar-refractivity contribution is -0.112. The first-order valence-electron chi connectivity index (χ1n) is 8.70. The predicted molar refractivity (Wildman–Crippen MR) is 101 cm³/mol. The molecule has 5 nitrogen and oxygen atoms in total. The summed E-state index contributed by atoms with van der Waals surface area (Å²) < 4.78 is 26.2. The van der Waals surface area contributed by atoms with Crippen molar-refractivity contribution in [2.24, 2.45) is 0 Å². The zero-order valence-electron chi connectivity index (χ0n) is 14.5. The molecule has 2 heterocycles. The van der Waals surface area contributed by atoms with Crippen LogP contribution in [0.3, 0.4) is 0 Å². The second-order valence-corrected chi connectivity index (χ2v) is 8.55. The smallest absolute Gasteiger partial charge is 0.269 e. The van der Waals surface area contributed by atoms with Crippen LogP contribution in [0, 0.1) is 6.92 Å². The van der Waals surface area contributed by atoms with E-state index in [-0.39, 0.29) is 9.80 Å². The van der Waals surface area contributed by atoms with Gasteiger partial charge in [-0.25, -0.2) is 8.42 Å². The Hall–Kier alpha value is -2.60. The number of amides is 1. The average molecular weight is 368 g/mol. The summed E-state index contributed by atoms with van der Waals surface area (Å²) in [6, 6.07) is 14.2. The van der Waals surface area contributed by atoms with Crippen LogP contribution in [-0.2, 0) is 14.6 Å². The third kappa shape index (κ3) is 2.70. The average Bonchev–Trinajstić information content (AvgIpc) is 3.22. The van der Waals surface area contributed by atoms with Gasteiger partial charge in [0.1, 0.15) is 0 Å². The number of rotatable bonds is 3. The number of likely N-dealkylation sites (tertiary alicyclic amines) is 1. The zero-order valence-corrected chi connectivity index (χ0v) is 15.3. The van der Waals surface area contributed by atoms with Gasteiger partial charge in [-0.15, -0.1) is 0 Å². The normalized spacial score (nSPS) is 18.1. The Balaban J connectivity index is 1.81. The summed E-state index contributed by atoms with van der Waals surface area (Å²) in [5, 5.41) is 2.75. The van der Waals surface area contributed by atoms with Crippen molar-refractivity contribution >= 4 is 27.1 Å². The Morgan fingerprint density at radius 2 is 1.65 bits per heavy atom. The van der Waals surface area contributed by atoms with E-state index in [1.54, 1.807) is 30.3 Å². The fourth-order valence-corrected chi connectivity index (χ4v) is 5.29. The number of hydrogen-bond acceptors (Lipinski definition) is 4. The van der Waals surface area contributed by atoms with Crippen molar-refractivity contribution in [1.82, 2.24) is 4.90 Å². The Kier molecular flexibility index (Phi) is 4.07. The molecular formula is C20H20N2O3S. The van der Waals surface area contributed by atoms with E-state index in [0.717, 1.165) is 31.5 Å². The van der Waals surface area contributed by atoms with Gasteiger partial charge < -0.3 is 10.2 Å². The van der Waals surface area contributed by atoms with Crippen LogP contribution in [0.5, 0.6) is 0 Å². The Bertz CT molecular complexity index is 1000. The molecule has 0 spiro atoms. The van der Waals surface area contributed by atoms with Gasteiger partial charge in [0.05, 0.1) is 10.6 Å². The second kappa shape index (κ2) is 6.29. The molecule has 4 rings (SSSR count). The van der Waals surface area contributed by atoms with Crippen molar-refractivity contribution in [1.29, 1.82) is 0 Å². The molecule has 0 saturated carbocycles. The molecule has 1 amide bonds. The third-order valence-corrected chi connectivity index (χ3v) is 6.70. The quantitative estimate of drug-likeness (QED) is 0.904. The van der Waals surface area contributed by atoms with Crippen LogP contribution < -0.4 is 5.32 Å². The number of carbonyl (C=O) groups is 1. The molecule has 0 radical (unpaired) electrons. The lowest BCUT2D eigenvalue weighted by Gasteiger charge is -2.20. The third-order valence-electron chi connectivity index (χ3n) is 4.85. The Labute approximate surface area is 153 Å². The predicted octanol–water partition coefficient (Wildman–Crippen LogP) is 3.19. The highest BCUT2D eigenvalue weighted by atomic mass is 32.2. The van der Waals surface area contributed by atoms with E-state index in [1.807, 2.05) is 30.0 Å². The van der Waals surface area contributed by atoms with Gasteiger partial charge >= 0.3 is 0 Å². The van der Waals surface area contributed by atoms with E-state index in [2.05, 4.69) is 5.32 Å². The molecule has 6 heteroatoms. The summed E-state index contributed by atoms with van der Waals surface area (Å²) in [7, 11) is -3.83. The van der Waals surface area contributed by atoms with Crippen LogP contribution in [0.15, 0.2) is 58.3 Å². The molecule has 2 aromatic rings. The second-order valence-electron chi connectivity index (χ2n) is 6.69. The maximum atomic E-state index is 13.1. The summed E-state index contributed by atoms with van der Waals surface area (Å²) in [5.74, 6) is -0.577. The van der Waals surface area contributed by atoms with Crippen molar-refractivity contribution in [2.75, 3.05) is 18.4 Å². The molecule has 0 aromatic heterocycles. The first-order chi connectivity index (χ1) is 12.5. The van der Waals surface area contributed by atoms with Crippen LogP contribution in [0.1, 0.15) is 24.0 Å². The van der Waals surface area contributed by atoms with E-state index in [0.29, 0.717) is 16.9 Å². The number of sulfone groups is 1. The van der Waals surface area contributed by atoms with Gasteiger partial charge in [0.15, 0.2) is 4.91 Å². The zero-order chi connectivity index (χ0) is 18.3. The largest absolute Gasteiger partial charge is 0.370 e. The molecule has 134 valence electrons. The van der Waals surface area contributed by atoms with Crippen LogP contribution in [0.2, 0.25) is 0 Å². The number of anilines is 1. The van der Waals surface area contributed by atoms with E-state index in [1.165, 1.54) is 0 Å². The van der Waals surface area contributed by atoms with Gasteiger partial charge in [0.25, 0.3) is 5.91 Å². The molecule has 2 aromatic carbocycles. The Morgan fingerprint density at radius 1 is 1.00 bits per heavy atom.